The number of para-hydroxylation sites is 3. The highest BCUT2D eigenvalue weighted by Crippen LogP contribution is 2.51. The lowest BCUT2D eigenvalue weighted by Crippen LogP contribution is -2.58. The molecule has 2 aromatic carbocycles. The monoisotopic (exact) mass is 876 g/mol. The molecular formula is C41H42F2N8O8S2. The van der Waals surface area contributed by atoms with Crippen LogP contribution in [-0.2, 0) is 24.4 Å². The first kappa shape index (κ1) is 40.8. The van der Waals surface area contributed by atoms with E-state index in [1.54, 1.807) is 25.1 Å². The largest absolute Gasteiger partial charge is 0.471 e. The number of sulfonamides is 1. The van der Waals surface area contributed by atoms with Crippen molar-refractivity contribution in [3.05, 3.63) is 66.1 Å². The Kier molecular flexibility index (Phi) is 10.5. The van der Waals surface area contributed by atoms with Gasteiger partial charge in [-0.25, -0.2) is 32.2 Å². The van der Waals surface area contributed by atoms with E-state index in [9.17, 15) is 27.6 Å². The molecule has 2 saturated heterocycles. The second kappa shape index (κ2) is 15.7. The third kappa shape index (κ3) is 8.38. The molecule has 16 nitrogen and oxygen atoms in total. The van der Waals surface area contributed by atoms with E-state index in [0.29, 0.717) is 40.3 Å². The number of benzene rings is 2. The average molecular weight is 877 g/mol. The molecule has 5 heterocycles. The minimum atomic E-state index is -4.11. The van der Waals surface area contributed by atoms with E-state index in [1.165, 1.54) is 22.3 Å². The van der Waals surface area contributed by atoms with Crippen LogP contribution in [0.25, 0.3) is 32.0 Å². The number of fused-ring (bicyclic) bond motifs is 4. The third-order valence-electron chi connectivity index (χ3n) is 11.8. The van der Waals surface area contributed by atoms with E-state index in [0.717, 1.165) is 10.2 Å². The van der Waals surface area contributed by atoms with Crippen LogP contribution in [0.5, 0.6) is 5.88 Å². The predicted octanol–water partition coefficient (Wildman–Crippen LogP) is 4.82. The van der Waals surface area contributed by atoms with Crippen molar-refractivity contribution in [2.45, 2.75) is 106 Å². The van der Waals surface area contributed by atoms with Gasteiger partial charge < -0.3 is 24.8 Å². The van der Waals surface area contributed by atoms with Crippen molar-refractivity contribution < 1.29 is 45.6 Å². The second-order valence-electron chi connectivity index (χ2n) is 16.4. The van der Waals surface area contributed by atoms with Crippen LogP contribution in [0.4, 0.5) is 8.78 Å². The topological polar surface area (TPSA) is 216 Å². The van der Waals surface area contributed by atoms with Gasteiger partial charge in [-0.1, -0.05) is 42.3 Å². The molecule has 4 aliphatic rings. The van der Waals surface area contributed by atoms with Crippen molar-refractivity contribution in [2.75, 3.05) is 6.54 Å². The third-order valence-corrected chi connectivity index (χ3v) is 14.6. The van der Waals surface area contributed by atoms with Crippen molar-refractivity contribution >= 4 is 66.2 Å². The number of aromatic nitrogens is 4. The number of thiazole rings is 1. The first-order chi connectivity index (χ1) is 29.2. The lowest BCUT2D eigenvalue weighted by molar-refractivity contribution is -0.141. The summed E-state index contributed by atoms with van der Waals surface area (Å²) in [5.74, 6) is -7.19. The number of carbonyl (C=O) groups is 4. The Morgan fingerprint density at radius 1 is 0.967 bits per heavy atom. The lowest BCUT2D eigenvalue weighted by atomic mass is 10.00. The zero-order valence-electron chi connectivity index (χ0n) is 32.9. The second-order valence-corrected chi connectivity index (χ2v) is 19.4. The Hall–Kier alpha value is -5.63. The van der Waals surface area contributed by atoms with Crippen LogP contribution in [0, 0.1) is 12.8 Å². The summed E-state index contributed by atoms with van der Waals surface area (Å²) in [6, 6.07) is 13.6. The van der Waals surface area contributed by atoms with Gasteiger partial charge in [-0.15, -0.1) is 11.3 Å². The van der Waals surface area contributed by atoms with Crippen molar-refractivity contribution in [1.82, 2.24) is 40.4 Å². The maximum absolute atomic E-state index is 15.5. The van der Waals surface area contributed by atoms with Crippen LogP contribution in [0.2, 0.25) is 0 Å². The van der Waals surface area contributed by atoms with Crippen molar-refractivity contribution in [3.63, 3.8) is 0 Å². The van der Waals surface area contributed by atoms with Gasteiger partial charge in [0.05, 0.1) is 33.0 Å². The summed E-state index contributed by atoms with van der Waals surface area (Å²) in [6.07, 6.45) is -1.17. The fourth-order valence-electron chi connectivity index (χ4n) is 8.30. The SMILES string of the molecule is Cc1cc(C(=O)N[C@H]2CCCCCC(F)(F)C[C@@H]3C[C@@]3(C(=O)NS(=O)(=O)C3CC3)NC(=O)[C@@H]3C[C@@H](Oc4nc5ccccc5nc4-c4nc5ccccc5s4)CN3C2=O)no1. The average Bonchev–Trinajstić information content (AvgIpc) is 4.03. The van der Waals surface area contributed by atoms with E-state index < -0.39 is 87.3 Å². The molecule has 3 N–H and O–H groups in total. The number of alkyl halides is 2. The number of rotatable bonds is 8. The van der Waals surface area contributed by atoms with E-state index in [2.05, 4.69) is 20.5 Å². The molecule has 5 atom stereocenters. The maximum Gasteiger partial charge on any atom is 0.274 e. The molecule has 20 heteroatoms. The quantitative estimate of drug-likeness (QED) is 0.191. The highest BCUT2D eigenvalue weighted by molar-refractivity contribution is 7.91. The Morgan fingerprint density at radius 2 is 1.70 bits per heavy atom. The molecule has 9 rings (SSSR count). The highest BCUT2D eigenvalue weighted by atomic mass is 32.2. The summed E-state index contributed by atoms with van der Waals surface area (Å²) in [4.78, 5) is 72.3. The summed E-state index contributed by atoms with van der Waals surface area (Å²) >= 11 is 1.38. The molecule has 0 spiro atoms. The van der Waals surface area contributed by atoms with Gasteiger partial charge in [-0.3, -0.25) is 23.9 Å². The predicted molar refractivity (Wildman–Crippen MR) is 217 cm³/mol. The molecule has 2 saturated carbocycles. The molecular weight excluding hydrogens is 835 g/mol. The number of nitrogens with one attached hydrogen (secondary N) is 3. The fourth-order valence-corrected chi connectivity index (χ4v) is 10.6. The minimum Gasteiger partial charge on any atom is -0.471 e. The molecule has 5 aromatic rings. The molecule has 61 heavy (non-hydrogen) atoms. The van der Waals surface area contributed by atoms with Crippen LogP contribution < -0.4 is 20.1 Å². The van der Waals surface area contributed by atoms with E-state index in [4.69, 9.17) is 24.2 Å². The molecule has 0 radical (unpaired) electrons. The van der Waals surface area contributed by atoms with Gasteiger partial charge in [-0.05, 0) is 69.2 Å². The van der Waals surface area contributed by atoms with Gasteiger partial charge in [0, 0.05) is 25.3 Å². The van der Waals surface area contributed by atoms with Crippen LogP contribution in [-0.4, -0.2) is 98.5 Å². The number of hydrogen-bond acceptors (Lipinski definition) is 13. The summed E-state index contributed by atoms with van der Waals surface area (Å²) in [5, 5.41) is 8.86. The highest BCUT2D eigenvalue weighted by Gasteiger charge is 2.65. The van der Waals surface area contributed by atoms with Crippen molar-refractivity contribution in [3.8, 4) is 16.6 Å². The minimum absolute atomic E-state index is 0.0508. The van der Waals surface area contributed by atoms with Crippen molar-refractivity contribution in [1.29, 1.82) is 0 Å². The molecule has 2 aliphatic heterocycles. The van der Waals surface area contributed by atoms with Gasteiger partial charge in [0.2, 0.25) is 33.6 Å². The number of amides is 4. The Bertz CT molecular complexity index is 2640. The number of aryl methyl sites for hydroxylation is 1. The number of hydrogen-bond donors (Lipinski definition) is 3. The Labute approximate surface area is 352 Å². The van der Waals surface area contributed by atoms with Gasteiger partial charge in [0.15, 0.2) is 11.4 Å². The molecule has 2 aliphatic carbocycles. The summed E-state index contributed by atoms with van der Waals surface area (Å²) in [6.45, 7) is 1.42. The smallest absolute Gasteiger partial charge is 0.274 e. The first-order valence-electron chi connectivity index (χ1n) is 20.3. The summed E-state index contributed by atoms with van der Waals surface area (Å²) in [5.41, 5.74) is 0.117. The maximum atomic E-state index is 15.5. The number of halogens is 2. The molecule has 320 valence electrons. The number of nitrogens with zero attached hydrogens (tertiary/aromatic N) is 5. The first-order valence-corrected chi connectivity index (χ1v) is 22.6. The van der Waals surface area contributed by atoms with E-state index >= 15 is 8.78 Å². The van der Waals surface area contributed by atoms with Gasteiger partial charge in [0.25, 0.3) is 11.8 Å². The molecule has 0 bridgehead atoms. The summed E-state index contributed by atoms with van der Waals surface area (Å²) in [7, 11) is -4.11. The van der Waals surface area contributed by atoms with Crippen LogP contribution in [0.1, 0.15) is 80.5 Å². The summed E-state index contributed by atoms with van der Waals surface area (Å²) < 4.78 is 71.4. The van der Waals surface area contributed by atoms with Crippen LogP contribution >= 0.6 is 11.3 Å². The zero-order chi connectivity index (χ0) is 42.7. The molecule has 0 unspecified atom stereocenters. The molecule has 3 aromatic heterocycles. The Morgan fingerprint density at radius 3 is 2.43 bits per heavy atom. The van der Waals surface area contributed by atoms with E-state index in [-0.39, 0.29) is 56.6 Å². The molecule has 4 fully saturated rings. The Balaban J connectivity index is 1.07. The van der Waals surface area contributed by atoms with Gasteiger partial charge in [0.1, 0.15) is 34.5 Å². The number of carbonyl (C=O) groups excluding carboxylic acids is 4. The van der Waals surface area contributed by atoms with Crippen LogP contribution in [0.3, 0.4) is 0 Å². The zero-order valence-corrected chi connectivity index (χ0v) is 34.6. The van der Waals surface area contributed by atoms with Crippen molar-refractivity contribution in [2.24, 2.45) is 5.92 Å². The van der Waals surface area contributed by atoms with Crippen LogP contribution in [0.15, 0.2) is 59.1 Å². The number of ether oxygens (including phenoxy) is 1. The van der Waals surface area contributed by atoms with Gasteiger partial charge >= 0.3 is 0 Å². The standard InChI is InChI=1S/C41H42F2N8O8S2/c1-22-17-30(49-59-22)34(52)45-29-12-3-2-8-16-40(42,43)19-23-20-41(23,39(55)50-61(56,57)25-14-15-25)48-35(53)31-18-24(21-51(31)38(29)54)58-36-33(44-26-9-4-5-10-27(26)46-36)37-47-28-11-6-7-13-32(28)60-37/h4-7,9-11,13,17,23-25,29,31H,2-3,8,12,14-16,18-21H2,1H3,(H,45,52)(H,48,53)(H,50,55)/t23-,24-,29+,31+,41-/m1/s1. The lowest BCUT2D eigenvalue weighted by Gasteiger charge is -2.30. The fraction of sp³-hybridized carbons (Fsp3) is 0.463. The van der Waals surface area contributed by atoms with Gasteiger partial charge in [-0.2, -0.15) is 0 Å². The normalized spacial score (nSPS) is 25.8. The molecule has 4 amide bonds. The van der Waals surface area contributed by atoms with E-state index in [1.807, 2.05) is 30.3 Å².